The van der Waals surface area contributed by atoms with Crippen molar-refractivity contribution in [2.45, 2.75) is 113 Å². The highest BCUT2D eigenvalue weighted by Gasteiger charge is 2.59. The van der Waals surface area contributed by atoms with E-state index < -0.39 is 42.2 Å². The molecule has 5 aliphatic rings. The van der Waals surface area contributed by atoms with Crippen LogP contribution in [-0.4, -0.2) is 102 Å². The molecule has 2 saturated carbocycles. The molecule has 2 bridgehead atoms. The Morgan fingerprint density at radius 2 is 1.87 bits per heavy atom. The molecule has 0 amide bonds. The van der Waals surface area contributed by atoms with Crippen LogP contribution < -0.4 is 15.8 Å². The number of halogens is 1. The van der Waals surface area contributed by atoms with E-state index in [1.165, 1.54) is 18.4 Å². The van der Waals surface area contributed by atoms with Crippen molar-refractivity contribution in [3.63, 3.8) is 0 Å². The molecule has 6 aromatic rings. The molecule has 0 spiro atoms. The standard InChI is InChI=1S/C53H61ClN6O9/c1-52(2,37-21-34(32-13-15-43-39(23-32)40(55)26-67-43)20-35(22-37)42(61)24-59-18-16-31-5-3-6-38(45(31)59)49(64)65)36-14-9-29(19-36)8-10-30-11-12-33(30)25-66-27-53-28-68-50(69-53)44(46(62)47(53)63)56-48-41-7-4-17-60(41)58-51(54)57-48/h3-7,13,15-18,20-23,29-30,33,36,40,42,44,46-47,50,61-63H,8-12,14,19,24-28,55H2,1-2H3,(H,64,65)(H,56,57,58)/t29?,30?,33?,36?,40-,42-,44-,46-,47-,50+,53+/m1/s1. The highest BCUT2D eigenvalue weighted by Crippen LogP contribution is 2.49. The average Bonchev–Trinajstić information content (AvgIpc) is 4.20. The van der Waals surface area contributed by atoms with Gasteiger partial charge in [-0.15, -0.1) is 5.10 Å². The summed E-state index contributed by atoms with van der Waals surface area (Å²) in [5.74, 6) is 2.25. The van der Waals surface area contributed by atoms with Crippen molar-refractivity contribution < 1.29 is 44.2 Å². The molecule has 3 aromatic carbocycles. The van der Waals surface area contributed by atoms with Gasteiger partial charge in [-0.05, 0) is 138 Å². The second-order valence-corrected chi connectivity index (χ2v) is 21.2. The van der Waals surface area contributed by atoms with Crippen LogP contribution in [-0.2, 0) is 26.2 Å². The van der Waals surface area contributed by atoms with Crippen LogP contribution in [0.15, 0.2) is 85.2 Å². The number of ether oxygens (including phenoxy) is 4. The van der Waals surface area contributed by atoms with Gasteiger partial charge in [-0.2, -0.15) is 4.98 Å². The highest BCUT2D eigenvalue weighted by molar-refractivity contribution is 6.28. The lowest BCUT2D eigenvalue weighted by Crippen LogP contribution is -2.64. The molecule has 4 fully saturated rings. The Labute approximate surface area is 405 Å². The predicted molar refractivity (Wildman–Crippen MR) is 259 cm³/mol. The first-order valence-electron chi connectivity index (χ1n) is 24.4. The molecule has 15 nitrogen and oxygen atoms in total. The van der Waals surface area contributed by atoms with Crippen LogP contribution in [0.25, 0.3) is 27.5 Å². The van der Waals surface area contributed by atoms with Crippen LogP contribution in [0.2, 0.25) is 5.28 Å². The number of para-hydroxylation sites is 1. The Hall–Kier alpha value is -5.10. The average molecular weight is 962 g/mol. The Morgan fingerprint density at radius 3 is 2.70 bits per heavy atom. The molecule has 2 aliphatic carbocycles. The Morgan fingerprint density at radius 1 is 1.01 bits per heavy atom. The van der Waals surface area contributed by atoms with Crippen molar-refractivity contribution in [1.82, 2.24) is 19.2 Å². The van der Waals surface area contributed by atoms with Gasteiger partial charge in [0.05, 0.1) is 43.0 Å². The number of fused-ring (bicyclic) bond motifs is 5. The minimum absolute atomic E-state index is 0.0357. The number of aliphatic hydroxyl groups is 3. The normalized spacial score (nSPS) is 29.0. The summed E-state index contributed by atoms with van der Waals surface area (Å²) in [6.45, 7) is 6.10. The fraction of sp³-hybridized carbons (Fsp3) is 0.491. The first-order chi connectivity index (χ1) is 33.2. The third kappa shape index (κ3) is 8.58. The molecule has 3 aliphatic heterocycles. The molecule has 6 heterocycles. The number of carbonyl (C=O) groups is 1. The van der Waals surface area contributed by atoms with E-state index in [1.807, 2.05) is 41.1 Å². The van der Waals surface area contributed by atoms with Crippen molar-refractivity contribution in [2.75, 3.05) is 31.7 Å². The van der Waals surface area contributed by atoms with Gasteiger partial charge < -0.3 is 55.0 Å². The molecular formula is C53H61ClN6O9. The quantitative estimate of drug-likeness (QED) is 0.0551. The number of aliphatic hydroxyl groups excluding tert-OH is 3. The molecule has 69 heavy (non-hydrogen) atoms. The molecule has 2 saturated heterocycles. The zero-order valence-electron chi connectivity index (χ0n) is 38.9. The number of rotatable bonds is 16. The van der Waals surface area contributed by atoms with Gasteiger partial charge >= 0.3 is 5.97 Å². The monoisotopic (exact) mass is 960 g/mol. The number of aromatic nitrogens is 4. The Bertz CT molecular complexity index is 2890. The minimum Gasteiger partial charge on any atom is -0.491 e. The van der Waals surface area contributed by atoms with Gasteiger partial charge in [0.25, 0.3) is 0 Å². The van der Waals surface area contributed by atoms with Crippen LogP contribution in [0.3, 0.4) is 0 Å². The summed E-state index contributed by atoms with van der Waals surface area (Å²) in [7, 11) is 0. The number of hydrogen-bond donors (Lipinski definition) is 6. The Kier molecular flexibility index (Phi) is 12.2. The van der Waals surface area contributed by atoms with Crippen LogP contribution in [0.5, 0.6) is 5.75 Å². The topological polar surface area (TPSA) is 208 Å². The summed E-state index contributed by atoms with van der Waals surface area (Å²) in [5, 5.41) is 52.9. The predicted octanol–water partition coefficient (Wildman–Crippen LogP) is 7.67. The molecule has 3 aromatic heterocycles. The fourth-order valence-corrected chi connectivity index (χ4v) is 12.2. The van der Waals surface area contributed by atoms with Crippen molar-refractivity contribution in [3.05, 3.63) is 113 Å². The summed E-state index contributed by atoms with van der Waals surface area (Å²) < 4.78 is 27.9. The molecule has 11 rings (SSSR count). The van der Waals surface area contributed by atoms with Gasteiger partial charge in [-0.1, -0.05) is 57.0 Å². The third-order valence-electron chi connectivity index (χ3n) is 16.4. The second kappa shape index (κ2) is 18.3. The molecule has 11 atom stereocenters. The third-order valence-corrected chi connectivity index (χ3v) is 16.6. The van der Waals surface area contributed by atoms with Crippen molar-refractivity contribution >= 4 is 39.8 Å². The van der Waals surface area contributed by atoms with Crippen LogP contribution >= 0.6 is 11.6 Å². The maximum atomic E-state index is 12.2. The lowest BCUT2D eigenvalue weighted by atomic mass is 9.70. The van der Waals surface area contributed by atoms with Gasteiger partial charge in [0, 0.05) is 30.0 Å². The van der Waals surface area contributed by atoms with Crippen LogP contribution in [0, 0.1) is 23.7 Å². The van der Waals surface area contributed by atoms with E-state index in [2.05, 4.69) is 59.6 Å². The zero-order valence-corrected chi connectivity index (χ0v) is 39.7. The van der Waals surface area contributed by atoms with Gasteiger partial charge in [-0.25, -0.2) is 9.31 Å². The largest absolute Gasteiger partial charge is 0.491 e. The first-order valence-corrected chi connectivity index (χ1v) is 24.8. The van der Waals surface area contributed by atoms with E-state index >= 15 is 0 Å². The number of hydrogen-bond acceptors (Lipinski definition) is 12. The number of carboxylic acids is 1. The summed E-state index contributed by atoms with van der Waals surface area (Å²) in [4.78, 5) is 16.5. The molecular weight excluding hydrogens is 900 g/mol. The van der Waals surface area contributed by atoms with Crippen LogP contribution in [0.4, 0.5) is 5.82 Å². The summed E-state index contributed by atoms with van der Waals surface area (Å²) >= 11 is 6.16. The van der Waals surface area contributed by atoms with Crippen molar-refractivity contribution in [1.29, 1.82) is 0 Å². The van der Waals surface area contributed by atoms with Gasteiger partial charge in [0.1, 0.15) is 41.7 Å². The summed E-state index contributed by atoms with van der Waals surface area (Å²) in [6.07, 6.45) is 7.41. The number of nitrogens with one attached hydrogen (secondary N) is 1. The maximum absolute atomic E-state index is 12.2. The smallest absolute Gasteiger partial charge is 0.337 e. The minimum atomic E-state index is -1.25. The van der Waals surface area contributed by atoms with E-state index in [4.69, 9.17) is 36.3 Å². The number of aromatic carboxylic acids is 1. The molecule has 0 radical (unpaired) electrons. The number of carboxylic acid groups (broad SMARTS) is 1. The zero-order chi connectivity index (χ0) is 47.8. The van der Waals surface area contributed by atoms with E-state index in [-0.39, 0.29) is 42.1 Å². The Balaban J connectivity index is 0.725. The van der Waals surface area contributed by atoms with E-state index in [0.717, 1.165) is 65.5 Å². The number of nitrogens with two attached hydrogens (primary N) is 1. The van der Waals surface area contributed by atoms with E-state index in [9.17, 15) is 25.2 Å². The summed E-state index contributed by atoms with van der Waals surface area (Å²) in [6, 6.07) is 22.4. The molecule has 16 heteroatoms. The maximum Gasteiger partial charge on any atom is 0.337 e. The summed E-state index contributed by atoms with van der Waals surface area (Å²) in [5.41, 5.74) is 11.5. The molecule has 4 unspecified atom stereocenters. The van der Waals surface area contributed by atoms with Crippen LogP contribution in [0.1, 0.15) is 98.0 Å². The number of benzene rings is 3. The molecule has 7 N–H and O–H groups in total. The molecule has 364 valence electrons. The fourth-order valence-electron chi connectivity index (χ4n) is 12.0. The van der Waals surface area contributed by atoms with Crippen molar-refractivity contribution in [2.24, 2.45) is 29.4 Å². The van der Waals surface area contributed by atoms with Gasteiger partial charge in [-0.3, -0.25) is 0 Å². The number of anilines is 1. The van der Waals surface area contributed by atoms with E-state index in [1.54, 1.807) is 22.8 Å². The lowest BCUT2D eigenvalue weighted by molar-refractivity contribution is -0.231. The van der Waals surface area contributed by atoms with Crippen molar-refractivity contribution in [3.8, 4) is 16.9 Å². The first kappa shape index (κ1) is 46.3. The van der Waals surface area contributed by atoms with Gasteiger partial charge in [0.2, 0.25) is 5.28 Å². The SMILES string of the molecule is CC(C)(c1cc(-c2ccc3c(c2)[C@H](N)CO3)cc([C@H](O)Cn2ccc3cccc(C(=O)O)c32)c1)C1CCC(CCC2CCC2COC[C@@]23CO[C@@H](O2)[C@H](Nc2nc(Cl)nn4cccc24)[C@@H](O)[C@H]3O)C1. The van der Waals surface area contributed by atoms with E-state index in [0.29, 0.717) is 53.7 Å². The second-order valence-electron chi connectivity index (χ2n) is 20.9. The number of nitrogens with zero attached hydrogens (tertiary/aromatic N) is 4. The highest BCUT2D eigenvalue weighted by atomic mass is 35.5. The van der Waals surface area contributed by atoms with Gasteiger partial charge in [0.15, 0.2) is 12.1 Å². The lowest BCUT2D eigenvalue weighted by Gasteiger charge is -2.43.